The lowest BCUT2D eigenvalue weighted by Gasteiger charge is -2.43. The number of sulfone groups is 1. The van der Waals surface area contributed by atoms with Crippen LogP contribution in [0, 0.1) is 0 Å². The van der Waals surface area contributed by atoms with Crippen molar-refractivity contribution in [3.63, 3.8) is 0 Å². The third-order valence-electron chi connectivity index (χ3n) is 6.55. The van der Waals surface area contributed by atoms with Crippen molar-refractivity contribution in [2.24, 2.45) is 0 Å². The largest absolute Gasteiger partial charge is 0.473 e. The van der Waals surface area contributed by atoms with E-state index in [1.807, 2.05) is 0 Å². The van der Waals surface area contributed by atoms with E-state index in [-0.39, 0.29) is 42.3 Å². The molecule has 1 aliphatic heterocycles. The van der Waals surface area contributed by atoms with Gasteiger partial charge in [-0.2, -0.15) is 17.6 Å². The van der Waals surface area contributed by atoms with Gasteiger partial charge in [-0.15, -0.1) is 0 Å². The average Bonchev–Trinajstić information content (AvgIpc) is 2.80. The van der Waals surface area contributed by atoms with E-state index in [1.54, 1.807) is 0 Å². The first-order valence-electron chi connectivity index (χ1n) is 11.4. The number of nitrogens with zero attached hydrogens (tertiary/aromatic N) is 3. The third kappa shape index (κ3) is 5.79. The number of rotatable bonds is 6. The number of piperidine rings is 1. The van der Waals surface area contributed by atoms with Crippen LogP contribution in [0.4, 0.5) is 22.4 Å². The number of aromatic nitrogens is 2. The molecule has 9 nitrogen and oxygen atoms in total. The number of amides is 1. The normalized spacial score (nSPS) is 28.7. The lowest BCUT2D eigenvalue weighted by atomic mass is 9.85. The molecule has 2 saturated carbocycles. The zero-order chi connectivity index (χ0) is 25.4. The predicted octanol–water partition coefficient (Wildman–Crippen LogP) is 3.23. The molecule has 3 fully saturated rings. The summed E-state index contributed by atoms with van der Waals surface area (Å²) in [5.41, 5.74) is 0. The molecule has 196 valence electrons. The van der Waals surface area contributed by atoms with Gasteiger partial charge in [0.15, 0.2) is 21.0 Å². The number of hydrogen-bond acceptors (Lipinski definition) is 8. The SMILES string of the molecule is CS(=O)(=O)c1cnc(O[C@H]2CC[C@H](OC3CCN(C(=O)OC4CC(F)(F)C4(F)F)CC3)CC2)cn1. The lowest BCUT2D eigenvalue weighted by Crippen LogP contribution is -2.64. The van der Waals surface area contributed by atoms with Gasteiger partial charge in [-0.25, -0.2) is 23.2 Å². The molecule has 0 aromatic carbocycles. The monoisotopic (exact) mass is 525 g/mol. The summed E-state index contributed by atoms with van der Waals surface area (Å²) in [5.74, 6) is -8.22. The van der Waals surface area contributed by atoms with Crippen LogP contribution in [-0.2, 0) is 19.3 Å². The minimum Gasteiger partial charge on any atom is -0.473 e. The van der Waals surface area contributed by atoms with E-state index < -0.39 is 40.3 Å². The Bertz CT molecular complexity index is 1010. The molecule has 1 saturated heterocycles. The molecule has 35 heavy (non-hydrogen) atoms. The summed E-state index contributed by atoms with van der Waals surface area (Å²) < 4.78 is 91.9. The van der Waals surface area contributed by atoms with Crippen LogP contribution in [0.5, 0.6) is 5.88 Å². The topological polar surface area (TPSA) is 108 Å². The van der Waals surface area contributed by atoms with E-state index in [9.17, 15) is 30.8 Å². The maximum Gasteiger partial charge on any atom is 0.410 e. The van der Waals surface area contributed by atoms with Crippen molar-refractivity contribution in [1.82, 2.24) is 14.9 Å². The number of ether oxygens (including phenoxy) is 3. The second-order valence-corrected chi connectivity index (χ2v) is 11.2. The van der Waals surface area contributed by atoms with Gasteiger partial charge in [-0.1, -0.05) is 0 Å². The number of likely N-dealkylation sites (tertiary alicyclic amines) is 1. The van der Waals surface area contributed by atoms with Gasteiger partial charge < -0.3 is 19.1 Å². The number of carbonyl (C=O) groups excluding carboxylic acids is 1. The summed E-state index contributed by atoms with van der Waals surface area (Å²) in [6.07, 6.45) is 2.93. The summed E-state index contributed by atoms with van der Waals surface area (Å²) in [5, 5.41) is -0.121. The first-order valence-corrected chi connectivity index (χ1v) is 13.3. The molecule has 2 aliphatic carbocycles. The highest BCUT2D eigenvalue weighted by molar-refractivity contribution is 7.90. The Morgan fingerprint density at radius 3 is 2.09 bits per heavy atom. The molecule has 14 heteroatoms. The van der Waals surface area contributed by atoms with Gasteiger partial charge >= 0.3 is 17.9 Å². The fourth-order valence-corrected chi connectivity index (χ4v) is 4.86. The minimum absolute atomic E-state index is 0.00736. The van der Waals surface area contributed by atoms with Gasteiger partial charge in [0.05, 0.1) is 31.0 Å². The molecule has 0 bridgehead atoms. The Kier molecular flexibility index (Phi) is 7.15. The smallest absolute Gasteiger partial charge is 0.410 e. The van der Waals surface area contributed by atoms with Crippen molar-refractivity contribution in [2.75, 3.05) is 19.3 Å². The highest BCUT2D eigenvalue weighted by Gasteiger charge is 2.74. The van der Waals surface area contributed by atoms with Gasteiger partial charge in [0.25, 0.3) is 0 Å². The molecule has 0 radical (unpaired) electrons. The van der Waals surface area contributed by atoms with Gasteiger partial charge in [0.2, 0.25) is 5.88 Å². The van der Waals surface area contributed by atoms with Gasteiger partial charge in [-0.05, 0) is 38.5 Å². The molecule has 1 amide bonds. The van der Waals surface area contributed by atoms with Crippen LogP contribution in [0.15, 0.2) is 17.4 Å². The quantitative estimate of drug-likeness (QED) is 0.521. The molecule has 1 aromatic rings. The molecule has 1 unspecified atom stereocenters. The highest BCUT2D eigenvalue weighted by Crippen LogP contribution is 2.52. The number of alkyl halides is 4. The highest BCUT2D eigenvalue weighted by atomic mass is 32.2. The van der Waals surface area contributed by atoms with E-state index >= 15 is 0 Å². The van der Waals surface area contributed by atoms with Crippen molar-refractivity contribution in [3.05, 3.63) is 12.4 Å². The van der Waals surface area contributed by atoms with Crippen LogP contribution in [0.3, 0.4) is 0 Å². The Morgan fingerprint density at radius 2 is 1.57 bits per heavy atom. The second kappa shape index (κ2) is 9.68. The van der Waals surface area contributed by atoms with Crippen LogP contribution in [0.25, 0.3) is 0 Å². The molecular weight excluding hydrogens is 498 g/mol. The Labute approximate surface area is 200 Å². The molecule has 0 spiro atoms. The fraction of sp³-hybridized carbons (Fsp3) is 0.762. The summed E-state index contributed by atoms with van der Waals surface area (Å²) in [6, 6.07) is 0. The number of halogens is 4. The van der Waals surface area contributed by atoms with Crippen molar-refractivity contribution >= 4 is 15.9 Å². The summed E-state index contributed by atoms with van der Waals surface area (Å²) in [4.78, 5) is 21.2. The molecule has 4 rings (SSSR count). The van der Waals surface area contributed by atoms with Crippen molar-refractivity contribution in [1.29, 1.82) is 0 Å². The second-order valence-electron chi connectivity index (χ2n) is 9.21. The van der Waals surface area contributed by atoms with E-state index in [1.165, 1.54) is 11.1 Å². The van der Waals surface area contributed by atoms with E-state index in [0.717, 1.165) is 25.3 Å². The average molecular weight is 526 g/mol. The molecule has 1 aromatic heterocycles. The Balaban J connectivity index is 1.15. The first-order chi connectivity index (χ1) is 16.3. The van der Waals surface area contributed by atoms with Crippen LogP contribution >= 0.6 is 0 Å². The fourth-order valence-electron chi connectivity index (χ4n) is 4.37. The van der Waals surface area contributed by atoms with Crippen LogP contribution in [0.2, 0.25) is 0 Å². The standard InChI is InChI=1S/C21H27F4N3O6S/c1-35(30,31)18-12-26-17(11-27-18)33-14-4-2-13(3-5-14)32-15-6-8-28(9-7-15)19(29)34-16-10-20(22,23)21(16,24)25/h11-16H,2-10H2,1H3/t13-,14-,16?. The van der Waals surface area contributed by atoms with Crippen LogP contribution in [0.1, 0.15) is 44.9 Å². The molecule has 2 heterocycles. The maximum absolute atomic E-state index is 13.3. The Morgan fingerprint density at radius 1 is 0.971 bits per heavy atom. The molecular formula is C21H27F4N3O6S. The third-order valence-corrected chi connectivity index (χ3v) is 7.53. The minimum atomic E-state index is -4.33. The number of carbonyl (C=O) groups is 1. The van der Waals surface area contributed by atoms with Gasteiger partial charge in [-0.3, -0.25) is 0 Å². The molecule has 3 aliphatic rings. The zero-order valence-electron chi connectivity index (χ0n) is 19.0. The van der Waals surface area contributed by atoms with Crippen molar-refractivity contribution in [2.45, 2.75) is 86.2 Å². The summed E-state index contributed by atoms with van der Waals surface area (Å²) >= 11 is 0. The maximum atomic E-state index is 13.3. The Hall–Kier alpha value is -2.22. The van der Waals surface area contributed by atoms with Crippen molar-refractivity contribution in [3.8, 4) is 5.88 Å². The van der Waals surface area contributed by atoms with E-state index in [2.05, 4.69) is 14.7 Å². The van der Waals surface area contributed by atoms with Crippen molar-refractivity contribution < 1.29 is 45.0 Å². The van der Waals surface area contributed by atoms with E-state index in [0.29, 0.717) is 25.7 Å². The van der Waals surface area contributed by atoms with Gasteiger partial charge in [0.1, 0.15) is 6.10 Å². The predicted molar refractivity (Wildman–Crippen MR) is 112 cm³/mol. The number of hydrogen-bond donors (Lipinski definition) is 0. The lowest BCUT2D eigenvalue weighted by molar-refractivity contribution is -0.330. The first kappa shape index (κ1) is 25.9. The summed E-state index contributed by atoms with van der Waals surface area (Å²) in [7, 11) is -3.43. The zero-order valence-corrected chi connectivity index (χ0v) is 19.9. The van der Waals surface area contributed by atoms with Crippen LogP contribution in [-0.4, -0.2) is 85.0 Å². The molecule has 1 atom stereocenters. The summed E-state index contributed by atoms with van der Waals surface area (Å²) in [6.45, 7) is 0.470. The van der Waals surface area contributed by atoms with Crippen LogP contribution < -0.4 is 4.74 Å². The van der Waals surface area contributed by atoms with E-state index in [4.69, 9.17) is 9.47 Å². The molecule has 0 N–H and O–H groups in total. The van der Waals surface area contributed by atoms with Gasteiger partial charge in [0, 0.05) is 19.3 Å².